The number of anilines is 1. The normalized spacial score (nSPS) is 10.6. The van der Waals surface area contributed by atoms with E-state index in [1.807, 2.05) is 60.7 Å². The summed E-state index contributed by atoms with van der Waals surface area (Å²) in [7, 11) is 0. The third-order valence-corrected chi connectivity index (χ3v) is 4.36. The first-order valence-electron chi connectivity index (χ1n) is 9.51. The van der Waals surface area contributed by atoms with Crippen molar-refractivity contribution < 1.29 is 23.1 Å². The molecule has 4 aromatic rings. The minimum absolute atomic E-state index is 0.0304. The van der Waals surface area contributed by atoms with Crippen LogP contribution >= 0.6 is 0 Å². The first-order chi connectivity index (χ1) is 15.5. The summed E-state index contributed by atoms with van der Waals surface area (Å²) in [5.41, 5.74) is 1.45. The van der Waals surface area contributed by atoms with Gasteiger partial charge in [-0.25, -0.2) is 23.2 Å². The SMILES string of the molecule is O=C(COC(=O)c1nc(-c2ccccc2)n(-c2ccccc2)n1)Nc1ccc(F)c(F)c1. The summed E-state index contributed by atoms with van der Waals surface area (Å²) in [5.74, 6) is -3.58. The average molecular weight is 434 g/mol. The maximum atomic E-state index is 13.3. The van der Waals surface area contributed by atoms with Gasteiger partial charge in [0.1, 0.15) is 0 Å². The lowest BCUT2D eigenvalue weighted by molar-refractivity contribution is -0.119. The molecule has 0 aliphatic carbocycles. The van der Waals surface area contributed by atoms with E-state index in [0.717, 1.165) is 17.7 Å². The lowest BCUT2D eigenvalue weighted by Gasteiger charge is -2.06. The lowest BCUT2D eigenvalue weighted by atomic mass is 10.2. The summed E-state index contributed by atoms with van der Waals surface area (Å²) in [6.45, 7) is -0.654. The Morgan fingerprint density at radius 2 is 1.59 bits per heavy atom. The number of ether oxygens (including phenoxy) is 1. The van der Waals surface area contributed by atoms with Crippen LogP contribution < -0.4 is 5.32 Å². The Balaban J connectivity index is 1.50. The molecule has 1 amide bonds. The number of esters is 1. The number of nitrogens with zero attached hydrogens (tertiary/aromatic N) is 3. The Hall–Kier alpha value is -4.40. The fourth-order valence-corrected chi connectivity index (χ4v) is 2.89. The number of nitrogens with one attached hydrogen (secondary N) is 1. The highest BCUT2D eigenvalue weighted by Crippen LogP contribution is 2.21. The molecule has 0 atom stereocenters. The molecule has 4 rings (SSSR count). The van der Waals surface area contributed by atoms with Crippen LogP contribution in [-0.2, 0) is 9.53 Å². The molecule has 0 spiro atoms. The highest BCUT2D eigenvalue weighted by atomic mass is 19.2. The summed E-state index contributed by atoms with van der Waals surface area (Å²) in [5, 5.41) is 6.56. The summed E-state index contributed by atoms with van der Waals surface area (Å²) in [4.78, 5) is 28.8. The fourth-order valence-electron chi connectivity index (χ4n) is 2.89. The molecule has 0 saturated carbocycles. The van der Waals surface area contributed by atoms with Gasteiger partial charge in [-0.1, -0.05) is 48.5 Å². The summed E-state index contributed by atoms with van der Waals surface area (Å²) in [6, 6.07) is 21.2. The van der Waals surface area contributed by atoms with Crippen LogP contribution in [0.15, 0.2) is 78.9 Å². The van der Waals surface area contributed by atoms with Gasteiger partial charge in [0.05, 0.1) is 5.69 Å². The van der Waals surface area contributed by atoms with Crippen LogP contribution in [-0.4, -0.2) is 33.2 Å². The zero-order chi connectivity index (χ0) is 22.5. The largest absolute Gasteiger partial charge is 0.450 e. The van der Waals surface area contributed by atoms with E-state index in [1.165, 1.54) is 10.7 Å². The molecule has 0 unspecified atom stereocenters. The first kappa shape index (κ1) is 20.9. The minimum Gasteiger partial charge on any atom is -0.450 e. The fraction of sp³-hybridized carbons (Fsp3) is 0.0435. The Morgan fingerprint density at radius 1 is 0.906 bits per heavy atom. The predicted octanol–water partition coefficient (Wildman–Crippen LogP) is 4.01. The maximum Gasteiger partial charge on any atom is 0.378 e. The van der Waals surface area contributed by atoms with Crippen molar-refractivity contribution in [2.75, 3.05) is 11.9 Å². The van der Waals surface area contributed by atoms with Crippen molar-refractivity contribution in [2.24, 2.45) is 0 Å². The molecular formula is C23H16F2N4O3. The third-order valence-electron chi connectivity index (χ3n) is 4.36. The highest BCUT2D eigenvalue weighted by Gasteiger charge is 2.21. The third kappa shape index (κ3) is 4.67. The quantitative estimate of drug-likeness (QED) is 0.464. The maximum absolute atomic E-state index is 13.3. The first-order valence-corrected chi connectivity index (χ1v) is 9.51. The Morgan fingerprint density at radius 3 is 2.28 bits per heavy atom. The Labute approximate surface area is 181 Å². The molecule has 0 aliphatic heterocycles. The predicted molar refractivity (Wildman–Crippen MR) is 112 cm³/mol. The molecule has 32 heavy (non-hydrogen) atoms. The van der Waals surface area contributed by atoms with E-state index in [9.17, 15) is 18.4 Å². The van der Waals surface area contributed by atoms with Crippen molar-refractivity contribution >= 4 is 17.6 Å². The Kier molecular flexibility index (Phi) is 5.98. The van der Waals surface area contributed by atoms with Crippen molar-refractivity contribution in [3.05, 3.63) is 96.3 Å². The van der Waals surface area contributed by atoms with Gasteiger partial charge in [-0.2, -0.15) is 0 Å². The lowest BCUT2D eigenvalue weighted by Crippen LogP contribution is -2.21. The van der Waals surface area contributed by atoms with E-state index in [0.29, 0.717) is 11.5 Å². The molecular weight excluding hydrogens is 418 g/mol. The van der Waals surface area contributed by atoms with Gasteiger partial charge in [0, 0.05) is 17.3 Å². The van der Waals surface area contributed by atoms with Crippen LogP contribution in [0.5, 0.6) is 0 Å². The average Bonchev–Trinajstić information content (AvgIpc) is 3.27. The van der Waals surface area contributed by atoms with Crippen molar-refractivity contribution in [2.45, 2.75) is 0 Å². The van der Waals surface area contributed by atoms with Crippen LogP contribution in [0.1, 0.15) is 10.6 Å². The second-order valence-electron chi connectivity index (χ2n) is 6.63. The molecule has 7 nitrogen and oxygen atoms in total. The van der Waals surface area contributed by atoms with E-state index in [2.05, 4.69) is 15.4 Å². The van der Waals surface area contributed by atoms with E-state index in [1.54, 1.807) is 0 Å². The van der Waals surface area contributed by atoms with Gasteiger partial charge in [-0.05, 0) is 24.3 Å². The number of rotatable bonds is 6. The number of carbonyl (C=O) groups is 2. The minimum atomic E-state index is -1.11. The van der Waals surface area contributed by atoms with E-state index in [4.69, 9.17) is 4.74 Å². The zero-order valence-electron chi connectivity index (χ0n) is 16.5. The number of amides is 1. The molecule has 1 N–H and O–H groups in total. The summed E-state index contributed by atoms with van der Waals surface area (Å²) >= 11 is 0. The molecule has 0 fully saturated rings. The second-order valence-corrected chi connectivity index (χ2v) is 6.63. The molecule has 160 valence electrons. The van der Waals surface area contributed by atoms with Crippen molar-refractivity contribution in [3.8, 4) is 17.1 Å². The molecule has 3 aromatic carbocycles. The van der Waals surface area contributed by atoms with Gasteiger partial charge in [-0.15, -0.1) is 5.10 Å². The second kappa shape index (κ2) is 9.17. The number of aromatic nitrogens is 3. The molecule has 9 heteroatoms. The van der Waals surface area contributed by atoms with Crippen molar-refractivity contribution in [3.63, 3.8) is 0 Å². The van der Waals surface area contributed by atoms with Crippen LogP contribution in [0.3, 0.4) is 0 Å². The van der Waals surface area contributed by atoms with E-state index >= 15 is 0 Å². The van der Waals surface area contributed by atoms with Crippen molar-refractivity contribution in [1.82, 2.24) is 14.8 Å². The number of halogens is 2. The van der Waals surface area contributed by atoms with E-state index in [-0.39, 0.29) is 11.5 Å². The van der Waals surface area contributed by atoms with Crippen LogP contribution in [0.25, 0.3) is 17.1 Å². The molecule has 0 aliphatic rings. The van der Waals surface area contributed by atoms with Gasteiger partial charge >= 0.3 is 5.97 Å². The van der Waals surface area contributed by atoms with Gasteiger partial charge in [-0.3, -0.25) is 4.79 Å². The van der Waals surface area contributed by atoms with Gasteiger partial charge in [0.25, 0.3) is 11.7 Å². The smallest absolute Gasteiger partial charge is 0.378 e. The monoisotopic (exact) mass is 434 g/mol. The van der Waals surface area contributed by atoms with Gasteiger partial charge in [0.2, 0.25) is 0 Å². The van der Waals surface area contributed by atoms with Crippen LogP contribution in [0, 0.1) is 11.6 Å². The van der Waals surface area contributed by atoms with Gasteiger partial charge < -0.3 is 10.1 Å². The van der Waals surface area contributed by atoms with Crippen LogP contribution in [0.4, 0.5) is 14.5 Å². The van der Waals surface area contributed by atoms with Crippen molar-refractivity contribution in [1.29, 1.82) is 0 Å². The zero-order valence-corrected chi connectivity index (χ0v) is 16.5. The number of carbonyl (C=O) groups excluding carboxylic acids is 2. The van der Waals surface area contributed by atoms with Gasteiger partial charge in [0.15, 0.2) is 24.1 Å². The molecule has 0 bridgehead atoms. The number of hydrogen-bond donors (Lipinski definition) is 1. The Bertz CT molecular complexity index is 1200. The molecule has 1 heterocycles. The summed E-state index contributed by atoms with van der Waals surface area (Å²) < 4.78 is 32.7. The van der Waals surface area contributed by atoms with E-state index < -0.39 is 30.1 Å². The molecule has 0 saturated heterocycles. The standard InChI is InChI=1S/C23H16F2N4O3/c24-18-12-11-16(13-19(18)25)26-20(30)14-32-23(31)21-27-22(15-7-3-1-4-8-15)29(28-21)17-9-5-2-6-10-17/h1-13H,14H2,(H,26,30). The number of para-hydroxylation sites is 1. The summed E-state index contributed by atoms with van der Waals surface area (Å²) in [6.07, 6.45) is 0. The van der Waals surface area contributed by atoms with Crippen LogP contribution in [0.2, 0.25) is 0 Å². The highest BCUT2D eigenvalue weighted by molar-refractivity contribution is 5.94. The molecule has 0 radical (unpaired) electrons. The number of hydrogen-bond acceptors (Lipinski definition) is 5. The number of benzene rings is 3. The topological polar surface area (TPSA) is 86.1 Å². The molecule has 1 aromatic heterocycles.